The van der Waals surface area contributed by atoms with E-state index in [4.69, 9.17) is 11.6 Å². The molecule has 4 nitrogen and oxygen atoms in total. The lowest BCUT2D eigenvalue weighted by Crippen LogP contribution is -2.22. The van der Waals surface area contributed by atoms with Gasteiger partial charge in [-0.15, -0.1) is 11.8 Å². The highest BCUT2D eigenvalue weighted by molar-refractivity contribution is 7.99. The Morgan fingerprint density at radius 3 is 2.73 bits per heavy atom. The van der Waals surface area contributed by atoms with E-state index >= 15 is 0 Å². The van der Waals surface area contributed by atoms with Crippen molar-refractivity contribution in [1.29, 1.82) is 0 Å². The minimum atomic E-state index is -0.436. The van der Waals surface area contributed by atoms with Crippen molar-refractivity contribution in [3.05, 3.63) is 77.3 Å². The second-order valence-corrected chi connectivity index (χ2v) is 7.42. The van der Waals surface area contributed by atoms with Gasteiger partial charge in [-0.25, -0.2) is 9.07 Å². The molecule has 0 spiro atoms. The molecule has 1 heterocycles. The van der Waals surface area contributed by atoms with Crippen LogP contribution in [0.3, 0.4) is 0 Å². The summed E-state index contributed by atoms with van der Waals surface area (Å²) in [6.07, 6.45) is 3.62. The molecule has 26 heavy (non-hydrogen) atoms. The molecule has 1 aromatic heterocycles. The Labute approximate surface area is 160 Å². The summed E-state index contributed by atoms with van der Waals surface area (Å²) < 4.78 is 14.9. The van der Waals surface area contributed by atoms with E-state index in [2.05, 4.69) is 10.4 Å². The number of hydrogen-bond acceptors (Lipinski definition) is 3. The summed E-state index contributed by atoms with van der Waals surface area (Å²) in [5.41, 5.74) is 2.51. The molecule has 1 N–H and O–H groups in total. The van der Waals surface area contributed by atoms with Gasteiger partial charge in [-0.1, -0.05) is 23.7 Å². The van der Waals surface area contributed by atoms with Gasteiger partial charge in [0.25, 0.3) is 0 Å². The number of amides is 1. The van der Waals surface area contributed by atoms with Crippen molar-refractivity contribution in [2.75, 3.05) is 5.32 Å². The van der Waals surface area contributed by atoms with E-state index in [0.29, 0.717) is 11.4 Å². The highest BCUT2D eigenvalue weighted by Crippen LogP contribution is 2.25. The minimum Gasteiger partial charge on any atom is -0.324 e. The number of nitrogens with zero attached hydrogens (tertiary/aromatic N) is 2. The molecule has 1 amide bonds. The van der Waals surface area contributed by atoms with Gasteiger partial charge in [0.15, 0.2) is 0 Å². The molecule has 1 atom stereocenters. The molecule has 7 heteroatoms. The quantitative estimate of drug-likeness (QED) is 0.650. The van der Waals surface area contributed by atoms with Crippen LogP contribution in [0.4, 0.5) is 10.1 Å². The van der Waals surface area contributed by atoms with Crippen LogP contribution in [0.25, 0.3) is 5.69 Å². The van der Waals surface area contributed by atoms with Crippen molar-refractivity contribution < 1.29 is 9.18 Å². The van der Waals surface area contributed by atoms with Gasteiger partial charge in [0, 0.05) is 18.1 Å². The monoisotopic (exact) mass is 389 g/mol. The number of nitrogens with one attached hydrogen (secondary N) is 1. The fraction of sp³-hybridized carbons (Fsp3) is 0.158. The fourth-order valence-corrected chi connectivity index (χ4v) is 3.35. The van der Waals surface area contributed by atoms with E-state index in [1.54, 1.807) is 10.9 Å². The molecule has 0 fully saturated rings. The third-order valence-electron chi connectivity index (χ3n) is 3.76. The highest BCUT2D eigenvalue weighted by atomic mass is 35.5. The molecule has 134 valence electrons. The zero-order chi connectivity index (χ0) is 18.5. The molecule has 0 saturated heterocycles. The smallest absolute Gasteiger partial charge is 0.237 e. The number of carbonyl (C=O) groups is 1. The average molecular weight is 390 g/mol. The van der Waals surface area contributed by atoms with Crippen LogP contribution in [-0.4, -0.2) is 20.9 Å². The topological polar surface area (TPSA) is 46.9 Å². The standard InChI is InChI=1S/C19H17ClFN3OS/c1-13(19(25)23-18-8-5-15(21)11-17(18)20)26-12-14-3-6-16(7-4-14)24-10-2-9-22-24/h2-11,13H,12H2,1H3,(H,23,25). The fourth-order valence-electron chi connectivity index (χ4n) is 2.29. The Morgan fingerprint density at radius 2 is 2.08 bits per heavy atom. The largest absolute Gasteiger partial charge is 0.324 e. The van der Waals surface area contributed by atoms with Crippen LogP contribution in [0.2, 0.25) is 5.02 Å². The Morgan fingerprint density at radius 1 is 1.31 bits per heavy atom. The molecule has 3 rings (SSSR count). The second kappa shape index (κ2) is 8.38. The summed E-state index contributed by atoms with van der Waals surface area (Å²) >= 11 is 7.46. The van der Waals surface area contributed by atoms with E-state index in [0.717, 1.165) is 11.3 Å². The number of carbonyl (C=O) groups excluding carboxylic acids is 1. The van der Waals surface area contributed by atoms with Gasteiger partial charge in [-0.2, -0.15) is 5.10 Å². The van der Waals surface area contributed by atoms with E-state index in [9.17, 15) is 9.18 Å². The molecule has 0 bridgehead atoms. The van der Waals surface area contributed by atoms with Crippen LogP contribution in [0, 0.1) is 5.82 Å². The van der Waals surface area contributed by atoms with Crippen LogP contribution in [-0.2, 0) is 10.5 Å². The lowest BCUT2D eigenvalue weighted by atomic mass is 10.2. The first-order valence-corrected chi connectivity index (χ1v) is 9.42. The predicted octanol–water partition coefficient (Wildman–Crippen LogP) is 4.93. The molecule has 3 aromatic rings. The Kier molecular flexibility index (Phi) is 5.96. The lowest BCUT2D eigenvalue weighted by Gasteiger charge is -2.13. The van der Waals surface area contributed by atoms with Crippen LogP contribution in [0.15, 0.2) is 60.9 Å². The maximum atomic E-state index is 13.1. The van der Waals surface area contributed by atoms with E-state index in [1.807, 2.05) is 43.5 Å². The summed E-state index contributed by atoms with van der Waals surface area (Å²) in [6.45, 7) is 1.83. The maximum absolute atomic E-state index is 13.1. The normalized spacial score (nSPS) is 12.0. The molecule has 0 aliphatic carbocycles. The van der Waals surface area contributed by atoms with Gasteiger partial charge in [-0.05, 0) is 48.9 Å². The van der Waals surface area contributed by atoms with E-state index in [1.165, 1.54) is 30.0 Å². The number of anilines is 1. The summed E-state index contributed by atoms with van der Waals surface area (Å²) in [5.74, 6) is 0.0936. The first kappa shape index (κ1) is 18.5. The summed E-state index contributed by atoms with van der Waals surface area (Å²) in [6, 6.07) is 13.8. The zero-order valence-corrected chi connectivity index (χ0v) is 15.6. The Bertz CT molecular complexity index is 884. The van der Waals surface area contributed by atoms with Crippen LogP contribution >= 0.6 is 23.4 Å². The van der Waals surface area contributed by atoms with Gasteiger partial charge in [0.2, 0.25) is 5.91 Å². The number of rotatable bonds is 6. The van der Waals surface area contributed by atoms with E-state index < -0.39 is 5.82 Å². The maximum Gasteiger partial charge on any atom is 0.237 e. The Hall–Kier alpha value is -2.31. The van der Waals surface area contributed by atoms with Crippen LogP contribution in [0.1, 0.15) is 12.5 Å². The van der Waals surface area contributed by atoms with Crippen molar-refractivity contribution in [3.63, 3.8) is 0 Å². The van der Waals surface area contributed by atoms with Gasteiger partial charge < -0.3 is 5.32 Å². The number of halogens is 2. The van der Waals surface area contributed by atoms with Gasteiger partial charge >= 0.3 is 0 Å². The molecule has 0 aliphatic heterocycles. The Balaban J connectivity index is 1.54. The van der Waals surface area contributed by atoms with Crippen molar-refractivity contribution in [3.8, 4) is 5.69 Å². The van der Waals surface area contributed by atoms with Gasteiger partial charge in [0.1, 0.15) is 5.82 Å². The highest BCUT2D eigenvalue weighted by Gasteiger charge is 2.15. The van der Waals surface area contributed by atoms with Crippen molar-refractivity contribution in [2.45, 2.75) is 17.9 Å². The van der Waals surface area contributed by atoms with Crippen LogP contribution < -0.4 is 5.32 Å². The number of hydrogen-bond donors (Lipinski definition) is 1. The molecule has 0 radical (unpaired) electrons. The van der Waals surface area contributed by atoms with Crippen molar-refractivity contribution in [2.24, 2.45) is 0 Å². The molecule has 0 saturated carbocycles. The SMILES string of the molecule is CC(SCc1ccc(-n2cccn2)cc1)C(=O)Nc1ccc(F)cc1Cl. The van der Waals surface area contributed by atoms with Crippen molar-refractivity contribution in [1.82, 2.24) is 9.78 Å². The second-order valence-electron chi connectivity index (χ2n) is 5.68. The molecular weight excluding hydrogens is 373 g/mol. The van der Waals surface area contributed by atoms with Crippen molar-refractivity contribution >= 4 is 35.0 Å². The third kappa shape index (κ3) is 4.65. The third-order valence-corrected chi connectivity index (χ3v) is 5.29. The zero-order valence-electron chi connectivity index (χ0n) is 14.0. The average Bonchev–Trinajstić information content (AvgIpc) is 3.17. The van der Waals surface area contributed by atoms with E-state index in [-0.39, 0.29) is 16.2 Å². The van der Waals surface area contributed by atoms with Gasteiger partial charge in [-0.3, -0.25) is 4.79 Å². The molecule has 1 unspecified atom stereocenters. The molecule has 2 aromatic carbocycles. The summed E-state index contributed by atoms with van der Waals surface area (Å²) in [5, 5.41) is 6.83. The summed E-state index contributed by atoms with van der Waals surface area (Å²) in [7, 11) is 0. The molecular formula is C19H17ClFN3OS. The summed E-state index contributed by atoms with van der Waals surface area (Å²) in [4.78, 5) is 12.3. The minimum absolute atomic E-state index is 0.170. The number of thioether (sulfide) groups is 1. The molecule has 0 aliphatic rings. The van der Waals surface area contributed by atoms with Crippen LogP contribution in [0.5, 0.6) is 0 Å². The number of benzene rings is 2. The number of aromatic nitrogens is 2. The lowest BCUT2D eigenvalue weighted by molar-refractivity contribution is -0.115. The first-order chi connectivity index (χ1) is 12.5. The first-order valence-electron chi connectivity index (χ1n) is 7.99. The predicted molar refractivity (Wildman–Crippen MR) is 104 cm³/mol. The van der Waals surface area contributed by atoms with Gasteiger partial charge in [0.05, 0.1) is 21.6 Å².